The number of hydrogen-bond donors (Lipinski definition) is 1. The third-order valence-electron chi connectivity index (χ3n) is 6.22. The molecular weight excluding hydrogens is 328 g/mol. The number of rotatable bonds is 10. The van der Waals surface area contributed by atoms with Gasteiger partial charge in [-0.25, -0.2) is 0 Å². The van der Waals surface area contributed by atoms with Crippen LogP contribution in [0, 0.1) is 35.5 Å². The number of carbonyl (C=O) groups is 2. The highest BCUT2D eigenvalue weighted by Gasteiger charge is 2.38. The van der Waals surface area contributed by atoms with E-state index < -0.39 is 6.10 Å². The van der Waals surface area contributed by atoms with E-state index in [0.29, 0.717) is 12.5 Å². The van der Waals surface area contributed by atoms with E-state index in [2.05, 4.69) is 13.8 Å². The van der Waals surface area contributed by atoms with E-state index >= 15 is 0 Å². The van der Waals surface area contributed by atoms with E-state index in [4.69, 9.17) is 4.74 Å². The van der Waals surface area contributed by atoms with Crippen molar-refractivity contribution in [2.75, 3.05) is 6.61 Å². The van der Waals surface area contributed by atoms with E-state index in [0.717, 1.165) is 24.8 Å². The molecule has 1 N–H and O–H groups in total. The van der Waals surface area contributed by atoms with Crippen LogP contribution in [0.5, 0.6) is 0 Å². The monoisotopic (exact) mass is 366 g/mol. The average Bonchev–Trinajstić information content (AvgIpc) is 2.99. The Labute approximate surface area is 159 Å². The Morgan fingerprint density at radius 3 is 2.42 bits per heavy atom. The third kappa shape index (κ3) is 5.67. The Morgan fingerprint density at radius 2 is 1.88 bits per heavy atom. The molecule has 1 saturated heterocycles. The van der Waals surface area contributed by atoms with Crippen LogP contribution in [0.4, 0.5) is 0 Å². The molecule has 1 heterocycles. The van der Waals surface area contributed by atoms with Gasteiger partial charge in [-0.05, 0) is 31.6 Å². The summed E-state index contributed by atoms with van der Waals surface area (Å²) in [5.74, 6) is 0.185. The minimum Gasteiger partial charge on any atom is -0.465 e. The molecular formula is C22H38O4. The van der Waals surface area contributed by atoms with Crippen LogP contribution >= 0.6 is 0 Å². The summed E-state index contributed by atoms with van der Waals surface area (Å²) in [6.45, 7) is 14.5. The number of carbonyl (C=O) groups excluding carboxylic acids is 2. The van der Waals surface area contributed by atoms with Crippen LogP contribution in [0.2, 0.25) is 0 Å². The first-order valence-corrected chi connectivity index (χ1v) is 10.2. The van der Waals surface area contributed by atoms with Gasteiger partial charge in [0.25, 0.3) is 0 Å². The van der Waals surface area contributed by atoms with Crippen LogP contribution in [0.1, 0.15) is 67.7 Å². The van der Waals surface area contributed by atoms with Gasteiger partial charge in [-0.15, -0.1) is 0 Å². The molecule has 0 amide bonds. The summed E-state index contributed by atoms with van der Waals surface area (Å²) < 4.78 is 5.24. The standard InChI is InChI=1S/C22H38O4/c1-8-14(4)20(23)17(7)21(24)16(6)11-13(3)10-15(5)19-12-26-22(25)18(19)9-2/h11,14-20,23H,8-10,12H2,1-7H3/b13-11+/t14-,15+,16-,17+,18+,19+,20-/m1/s1. The molecule has 0 aromatic heterocycles. The van der Waals surface area contributed by atoms with Crippen LogP contribution in [0.3, 0.4) is 0 Å². The number of cyclic esters (lactones) is 1. The Hall–Kier alpha value is -1.16. The second-order valence-corrected chi connectivity index (χ2v) is 8.36. The van der Waals surface area contributed by atoms with Gasteiger partial charge in [0.2, 0.25) is 0 Å². The van der Waals surface area contributed by atoms with Gasteiger partial charge in [-0.2, -0.15) is 0 Å². The lowest BCUT2D eigenvalue weighted by molar-refractivity contribution is -0.141. The average molecular weight is 367 g/mol. The van der Waals surface area contributed by atoms with Crippen LogP contribution in [0.25, 0.3) is 0 Å². The molecule has 1 rings (SSSR count). The van der Waals surface area contributed by atoms with E-state index in [-0.39, 0.29) is 41.3 Å². The molecule has 150 valence electrons. The molecule has 0 spiro atoms. The first-order valence-electron chi connectivity index (χ1n) is 10.2. The maximum Gasteiger partial charge on any atom is 0.309 e. The largest absolute Gasteiger partial charge is 0.465 e. The number of allylic oxidation sites excluding steroid dienone is 2. The third-order valence-corrected chi connectivity index (χ3v) is 6.22. The van der Waals surface area contributed by atoms with Gasteiger partial charge < -0.3 is 9.84 Å². The summed E-state index contributed by atoms with van der Waals surface area (Å²) in [5.41, 5.74) is 1.16. The molecule has 4 heteroatoms. The number of aliphatic hydroxyl groups is 1. The van der Waals surface area contributed by atoms with Crippen molar-refractivity contribution in [2.45, 2.75) is 73.8 Å². The second kappa shape index (κ2) is 10.2. The normalized spacial score (nSPS) is 26.8. The van der Waals surface area contributed by atoms with Crippen molar-refractivity contribution in [3.8, 4) is 0 Å². The molecule has 1 aliphatic rings. The van der Waals surface area contributed by atoms with Gasteiger partial charge in [0.15, 0.2) is 0 Å². The van der Waals surface area contributed by atoms with Crippen molar-refractivity contribution >= 4 is 11.8 Å². The van der Waals surface area contributed by atoms with Crippen molar-refractivity contribution in [3.63, 3.8) is 0 Å². The number of aliphatic hydroxyl groups excluding tert-OH is 1. The van der Waals surface area contributed by atoms with Gasteiger partial charge in [0, 0.05) is 17.8 Å². The van der Waals surface area contributed by atoms with Crippen molar-refractivity contribution in [1.29, 1.82) is 0 Å². The summed E-state index contributed by atoms with van der Waals surface area (Å²) >= 11 is 0. The number of ketones is 1. The quantitative estimate of drug-likeness (QED) is 0.459. The summed E-state index contributed by atoms with van der Waals surface area (Å²) in [5, 5.41) is 10.3. The molecule has 0 aromatic carbocycles. The second-order valence-electron chi connectivity index (χ2n) is 8.36. The molecule has 0 unspecified atom stereocenters. The van der Waals surface area contributed by atoms with Crippen molar-refractivity contribution < 1.29 is 19.4 Å². The molecule has 4 nitrogen and oxygen atoms in total. The van der Waals surface area contributed by atoms with E-state index in [1.54, 1.807) is 0 Å². The summed E-state index contributed by atoms with van der Waals surface area (Å²) in [7, 11) is 0. The van der Waals surface area contributed by atoms with Crippen LogP contribution < -0.4 is 0 Å². The molecule has 1 fully saturated rings. The Kier molecular flexibility index (Phi) is 9.02. The molecule has 0 aliphatic carbocycles. The fraction of sp³-hybridized carbons (Fsp3) is 0.818. The predicted molar refractivity (Wildman–Crippen MR) is 105 cm³/mol. The zero-order valence-electron chi connectivity index (χ0n) is 17.6. The smallest absolute Gasteiger partial charge is 0.309 e. The Balaban J connectivity index is 2.68. The van der Waals surface area contributed by atoms with Gasteiger partial charge >= 0.3 is 5.97 Å². The number of ether oxygens (including phenoxy) is 1. The number of esters is 1. The number of Topliss-reactive ketones (excluding diaryl/α,β-unsaturated/α-hetero) is 1. The van der Waals surface area contributed by atoms with E-state index in [9.17, 15) is 14.7 Å². The molecule has 0 saturated carbocycles. The van der Waals surface area contributed by atoms with E-state index in [1.807, 2.05) is 40.7 Å². The molecule has 0 aromatic rings. The first-order chi connectivity index (χ1) is 12.1. The topological polar surface area (TPSA) is 63.6 Å². The van der Waals surface area contributed by atoms with Crippen LogP contribution in [-0.4, -0.2) is 29.6 Å². The SMILES string of the molecule is CC[C@@H](C)[C@@H](O)[C@H](C)C(=O)[C@H](C)/C=C(\C)C[C@H](C)[C@@H]1COC(=O)[C@H]1CC. The summed E-state index contributed by atoms with van der Waals surface area (Å²) in [4.78, 5) is 24.4. The Bertz CT molecular complexity index is 510. The predicted octanol–water partition coefficient (Wildman–Crippen LogP) is 4.41. The summed E-state index contributed by atoms with van der Waals surface area (Å²) in [6.07, 6.45) is 3.97. The molecule has 26 heavy (non-hydrogen) atoms. The van der Waals surface area contributed by atoms with Gasteiger partial charge in [0.05, 0.1) is 18.6 Å². The van der Waals surface area contributed by atoms with Crippen molar-refractivity contribution in [2.24, 2.45) is 35.5 Å². The van der Waals surface area contributed by atoms with Gasteiger partial charge in [-0.1, -0.05) is 59.6 Å². The zero-order valence-corrected chi connectivity index (χ0v) is 17.6. The molecule has 0 bridgehead atoms. The lowest BCUT2D eigenvalue weighted by Crippen LogP contribution is -2.33. The van der Waals surface area contributed by atoms with Gasteiger partial charge in [-0.3, -0.25) is 9.59 Å². The highest BCUT2D eigenvalue weighted by Crippen LogP contribution is 2.34. The zero-order chi connectivity index (χ0) is 20.0. The lowest BCUT2D eigenvalue weighted by atomic mass is 9.79. The number of hydrogen-bond acceptors (Lipinski definition) is 4. The fourth-order valence-electron chi connectivity index (χ4n) is 4.16. The van der Waals surface area contributed by atoms with Crippen LogP contribution in [-0.2, 0) is 14.3 Å². The molecule has 1 aliphatic heterocycles. The Morgan fingerprint density at radius 1 is 1.27 bits per heavy atom. The minimum absolute atomic E-state index is 0.00237. The maximum atomic E-state index is 12.7. The van der Waals surface area contributed by atoms with E-state index in [1.165, 1.54) is 0 Å². The maximum absolute atomic E-state index is 12.7. The van der Waals surface area contributed by atoms with Crippen LogP contribution in [0.15, 0.2) is 11.6 Å². The highest BCUT2D eigenvalue weighted by molar-refractivity contribution is 5.85. The molecule has 0 radical (unpaired) electrons. The van der Waals surface area contributed by atoms with Gasteiger partial charge in [0.1, 0.15) is 5.78 Å². The molecule has 7 atom stereocenters. The lowest BCUT2D eigenvalue weighted by Gasteiger charge is -2.25. The minimum atomic E-state index is -0.588. The fourth-order valence-corrected chi connectivity index (χ4v) is 4.16. The van der Waals surface area contributed by atoms with Crippen molar-refractivity contribution in [1.82, 2.24) is 0 Å². The summed E-state index contributed by atoms with van der Waals surface area (Å²) in [6, 6.07) is 0. The highest BCUT2D eigenvalue weighted by atomic mass is 16.5. The first kappa shape index (κ1) is 22.9. The van der Waals surface area contributed by atoms with Crippen molar-refractivity contribution in [3.05, 3.63) is 11.6 Å².